The lowest BCUT2D eigenvalue weighted by atomic mass is 10.0. The zero-order valence-electron chi connectivity index (χ0n) is 17.5. The minimum Gasteiger partial charge on any atom is -0.335 e. The first-order valence-electron chi connectivity index (χ1n) is 10.7. The Morgan fingerprint density at radius 3 is 2.00 bits per heavy atom. The minimum atomic E-state index is -0.156. The standard InChI is InChI=1S/C27H30O2/c1-3-5-7-10-21-13-15-22(16-14-21)23-17-19-25(20-18-23)27(28)29-26(4-2)24-11-8-6-9-12-24/h6,8-9,11-20,26H,3-5,7,10H2,1-2H3/p+1. The van der Waals surface area contributed by atoms with Crippen LogP contribution >= 0.6 is 0 Å². The molecular weight excluding hydrogens is 356 g/mol. The van der Waals surface area contributed by atoms with Crippen molar-refractivity contribution < 1.29 is 9.53 Å². The van der Waals surface area contributed by atoms with Crippen LogP contribution in [0.1, 0.15) is 62.3 Å². The van der Waals surface area contributed by atoms with Gasteiger partial charge in [0.15, 0.2) is 0 Å². The molecule has 29 heavy (non-hydrogen) atoms. The van der Waals surface area contributed by atoms with Gasteiger partial charge in [0, 0.05) is 12.0 Å². The highest BCUT2D eigenvalue weighted by atomic mass is 16.5. The van der Waals surface area contributed by atoms with Crippen LogP contribution in [0.3, 0.4) is 0 Å². The summed E-state index contributed by atoms with van der Waals surface area (Å²) >= 11 is 0. The highest BCUT2D eigenvalue weighted by molar-refractivity contribution is 5.91. The van der Waals surface area contributed by atoms with Crippen molar-refractivity contribution in [2.45, 2.75) is 52.1 Å². The molecule has 0 aromatic heterocycles. The van der Waals surface area contributed by atoms with Crippen LogP contribution in [0.25, 0.3) is 11.1 Å². The molecule has 0 fully saturated rings. The summed E-state index contributed by atoms with van der Waals surface area (Å²) in [6.45, 7) is 4.29. The van der Waals surface area contributed by atoms with E-state index in [1.54, 1.807) is 0 Å². The van der Waals surface area contributed by atoms with Gasteiger partial charge in [0.1, 0.15) is 5.56 Å². The third kappa shape index (κ3) is 5.80. The molecule has 0 saturated heterocycles. The van der Waals surface area contributed by atoms with E-state index < -0.39 is 0 Å². The van der Waals surface area contributed by atoms with Gasteiger partial charge in [-0.3, -0.25) is 0 Å². The van der Waals surface area contributed by atoms with Crippen LogP contribution in [0.4, 0.5) is 0 Å². The Morgan fingerprint density at radius 2 is 1.41 bits per heavy atom. The molecule has 0 aliphatic heterocycles. The van der Waals surface area contributed by atoms with E-state index in [0.29, 0.717) is 5.56 Å². The molecule has 1 unspecified atom stereocenters. The summed E-state index contributed by atoms with van der Waals surface area (Å²) < 4.78 is 5.85. The molecule has 0 aliphatic rings. The van der Waals surface area contributed by atoms with Gasteiger partial charge in [-0.25, -0.2) is 0 Å². The van der Waals surface area contributed by atoms with E-state index in [0.717, 1.165) is 24.0 Å². The molecule has 0 heterocycles. The van der Waals surface area contributed by atoms with Crippen molar-refractivity contribution in [3.8, 4) is 11.1 Å². The van der Waals surface area contributed by atoms with Crippen molar-refractivity contribution in [2.75, 3.05) is 0 Å². The van der Waals surface area contributed by atoms with E-state index in [-0.39, 0.29) is 12.1 Å². The summed E-state index contributed by atoms with van der Waals surface area (Å²) in [5, 5.41) is 0. The van der Waals surface area contributed by atoms with Crippen LogP contribution in [0.15, 0.2) is 78.9 Å². The monoisotopic (exact) mass is 387 g/mol. The first-order chi connectivity index (χ1) is 14.2. The fraction of sp³-hybridized carbons (Fsp3) is 0.296. The second-order valence-electron chi connectivity index (χ2n) is 7.46. The molecule has 3 aromatic carbocycles. The topological polar surface area (TPSA) is 30.6 Å². The summed E-state index contributed by atoms with van der Waals surface area (Å²) in [7, 11) is 0. The summed E-state index contributed by atoms with van der Waals surface area (Å²) in [5.41, 5.74) is 5.48. The Kier molecular flexibility index (Phi) is 7.63. The zero-order chi connectivity index (χ0) is 20.5. The molecule has 0 spiro atoms. The quantitative estimate of drug-likeness (QED) is 0.219. The van der Waals surface area contributed by atoms with Gasteiger partial charge in [0.2, 0.25) is 6.10 Å². The van der Waals surface area contributed by atoms with E-state index in [2.05, 4.69) is 38.1 Å². The van der Waals surface area contributed by atoms with Gasteiger partial charge >= 0.3 is 5.97 Å². The molecule has 0 amide bonds. The molecule has 0 bridgehead atoms. The van der Waals surface area contributed by atoms with Crippen LogP contribution in [0.5, 0.6) is 0 Å². The Hall–Kier alpha value is -2.87. The van der Waals surface area contributed by atoms with Gasteiger partial charge in [-0.1, -0.05) is 93.4 Å². The second kappa shape index (κ2) is 10.6. The van der Waals surface area contributed by atoms with Crippen LogP contribution in [-0.4, -0.2) is 10.8 Å². The van der Waals surface area contributed by atoms with E-state index >= 15 is 0 Å². The molecular formula is C27H31O2+. The maximum atomic E-state index is 10.5. The van der Waals surface area contributed by atoms with Gasteiger partial charge in [-0.15, -0.1) is 0 Å². The Bertz CT molecular complexity index is 880. The molecule has 0 saturated carbocycles. The molecule has 0 radical (unpaired) electrons. The van der Waals surface area contributed by atoms with Crippen molar-refractivity contribution in [2.24, 2.45) is 0 Å². The van der Waals surface area contributed by atoms with Crippen molar-refractivity contribution in [1.82, 2.24) is 0 Å². The molecule has 1 atom stereocenters. The van der Waals surface area contributed by atoms with Crippen molar-refractivity contribution >= 4 is 5.97 Å². The number of ether oxygens (including phenoxy) is 1. The largest absolute Gasteiger partial charge is 0.518 e. The molecule has 150 valence electrons. The third-order valence-corrected chi connectivity index (χ3v) is 5.28. The smallest absolute Gasteiger partial charge is 0.335 e. The van der Waals surface area contributed by atoms with Gasteiger partial charge in [0.25, 0.3) is 0 Å². The lowest BCUT2D eigenvalue weighted by Gasteiger charge is -2.09. The Balaban J connectivity index is 1.64. The maximum Gasteiger partial charge on any atom is 0.518 e. The number of hydrogen-bond acceptors (Lipinski definition) is 1. The van der Waals surface area contributed by atoms with Crippen LogP contribution < -0.4 is 0 Å². The number of unbranched alkanes of at least 4 members (excludes halogenated alkanes) is 2. The van der Waals surface area contributed by atoms with Crippen LogP contribution in [0.2, 0.25) is 0 Å². The molecule has 2 nitrogen and oxygen atoms in total. The van der Waals surface area contributed by atoms with Crippen LogP contribution in [-0.2, 0) is 11.2 Å². The van der Waals surface area contributed by atoms with E-state index in [9.17, 15) is 4.79 Å². The molecule has 2 heteroatoms. The molecule has 3 rings (SSSR count). The molecule has 3 aromatic rings. The molecule has 1 N–H and O–H groups in total. The fourth-order valence-corrected chi connectivity index (χ4v) is 3.51. The third-order valence-electron chi connectivity index (χ3n) is 5.28. The summed E-state index contributed by atoms with van der Waals surface area (Å²) in [4.78, 5) is 10.5. The van der Waals surface area contributed by atoms with Crippen LogP contribution in [0, 0.1) is 0 Å². The lowest BCUT2D eigenvalue weighted by molar-refractivity contribution is 0.169. The highest BCUT2D eigenvalue weighted by Gasteiger charge is 2.24. The summed E-state index contributed by atoms with van der Waals surface area (Å²) in [6, 6.07) is 26.7. The zero-order valence-corrected chi connectivity index (χ0v) is 17.5. The fourth-order valence-electron chi connectivity index (χ4n) is 3.51. The normalized spacial score (nSPS) is 11.8. The van der Waals surface area contributed by atoms with Gasteiger partial charge in [-0.2, -0.15) is 0 Å². The van der Waals surface area contributed by atoms with Gasteiger partial charge < -0.3 is 9.53 Å². The van der Waals surface area contributed by atoms with E-state index in [1.807, 2.05) is 54.6 Å². The minimum absolute atomic E-state index is 0.0291. The van der Waals surface area contributed by atoms with Crippen molar-refractivity contribution in [1.29, 1.82) is 0 Å². The predicted octanol–water partition coefficient (Wildman–Crippen LogP) is 7.10. The molecule has 0 aliphatic carbocycles. The SMILES string of the molecule is CCCCCc1ccc(-c2ccc(C(=[OH+])OC(CC)c3ccccc3)cc2)cc1. The maximum absolute atomic E-state index is 10.5. The summed E-state index contributed by atoms with van der Waals surface area (Å²) in [6.07, 6.45) is 5.57. The average Bonchev–Trinajstić information content (AvgIpc) is 2.78. The van der Waals surface area contributed by atoms with E-state index in [1.165, 1.54) is 30.4 Å². The Labute approximate surface area is 174 Å². The first kappa shape index (κ1) is 20.9. The van der Waals surface area contributed by atoms with Crippen molar-refractivity contribution in [3.63, 3.8) is 0 Å². The van der Waals surface area contributed by atoms with Gasteiger partial charge in [0.05, 0.1) is 0 Å². The Morgan fingerprint density at radius 1 is 0.793 bits per heavy atom. The average molecular weight is 388 g/mol. The first-order valence-corrected chi connectivity index (χ1v) is 10.7. The number of hydrogen-bond donors (Lipinski definition) is 0. The number of aryl methyl sites for hydroxylation is 1. The predicted molar refractivity (Wildman–Crippen MR) is 122 cm³/mol. The van der Waals surface area contributed by atoms with Gasteiger partial charge in [-0.05, 0) is 41.7 Å². The number of carbonyl (C=O) groups excluding carboxylic acids is 1. The number of esters is 1. The number of rotatable bonds is 9. The lowest BCUT2D eigenvalue weighted by Crippen LogP contribution is -2.12. The van der Waals surface area contributed by atoms with Crippen molar-refractivity contribution in [3.05, 3.63) is 95.6 Å². The second-order valence-corrected chi connectivity index (χ2v) is 7.46. The van der Waals surface area contributed by atoms with E-state index in [4.69, 9.17) is 4.74 Å². The number of benzene rings is 3. The highest BCUT2D eigenvalue weighted by Crippen LogP contribution is 2.24. The summed E-state index contributed by atoms with van der Waals surface area (Å²) in [5.74, 6) is -0.0291.